The molecule has 2 aromatic carbocycles. The van der Waals surface area contributed by atoms with Gasteiger partial charge in [0.25, 0.3) is 0 Å². The Morgan fingerprint density at radius 1 is 1.12 bits per heavy atom. The summed E-state index contributed by atoms with van der Waals surface area (Å²) in [5, 5.41) is 18.8. The lowest BCUT2D eigenvalue weighted by Crippen LogP contribution is -2.50. The van der Waals surface area contributed by atoms with Crippen molar-refractivity contribution >= 4 is 11.6 Å². The summed E-state index contributed by atoms with van der Waals surface area (Å²) in [6, 6.07) is 8.10. The van der Waals surface area contributed by atoms with Crippen molar-refractivity contribution in [3.8, 4) is 0 Å². The Morgan fingerprint density at radius 3 is 2.36 bits per heavy atom. The van der Waals surface area contributed by atoms with Crippen LogP contribution in [0.2, 0.25) is 5.02 Å². The van der Waals surface area contributed by atoms with E-state index in [1.54, 1.807) is 0 Å². The second kappa shape index (κ2) is 6.16. The molecule has 1 heterocycles. The van der Waals surface area contributed by atoms with E-state index in [0.29, 0.717) is 11.1 Å². The number of aromatic nitrogens is 3. The van der Waals surface area contributed by atoms with Crippen molar-refractivity contribution < 1.29 is 18.3 Å². The monoisotopic (exact) mass is 367 g/mol. The Labute approximate surface area is 146 Å². The highest BCUT2D eigenvalue weighted by molar-refractivity contribution is 6.30. The summed E-state index contributed by atoms with van der Waals surface area (Å²) in [6.45, 7) is 1.03. The highest BCUT2D eigenvalue weighted by Crippen LogP contribution is 2.45. The van der Waals surface area contributed by atoms with Gasteiger partial charge >= 0.3 is 0 Å². The van der Waals surface area contributed by atoms with E-state index in [1.807, 2.05) is 0 Å². The fourth-order valence-corrected chi connectivity index (χ4v) is 2.86. The Bertz CT molecular complexity index is 885. The Hall–Kier alpha value is -2.38. The second-order valence-electron chi connectivity index (χ2n) is 5.64. The van der Waals surface area contributed by atoms with Crippen LogP contribution in [-0.2, 0) is 11.4 Å². The first-order chi connectivity index (χ1) is 11.8. The molecular weight excluding hydrogens is 355 g/mol. The molecule has 1 N–H and O–H groups in total. The van der Waals surface area contributed by atoms with Crippen LogP contribution in [0.4, 0.5) is 13.2 Å². The summed E-state index contributed by atoms with van der Waals surface area (Å²) in [6.07, 6.45) is 2.42. The van der Waals surface area contributed by atoms with E-state index in [4.69, 9.17) is 11.6 Å². The second-order valence-corrected chi connectivity index (χ2v) is 6.08. The molecule has 0 aliphatic carbocycles. The minimum atomic E-state index is -2.64. The van der Waals surface area contributed by atoms with Gasteiger partial charge in [-0.1, -0.05) is 28.9 Å². The zero-order valence-corrected chi connectivity index (χ0v) is 13.8. The summed E-state index contributed by atoms with van der Waals surface area (Å²) in [5.74, 6) is -4.59. The third kappa shape index (κ3) is 2.79. The van der Waals surface area contributed by atoms with Crippen molar-refractivity contribution in [1.82, 2.24) is 15.0 Å². The van der Waals surface area contributed by atoms with Gasteiger partial charge in [0.2, 0.25) is 5.79 Å². The van der Waals surface area contributed by atoms with Crippen LogP contribution >= 0.6 is 11.6 Å². The van der Waals surface area contributed by atoms with E-state index in [2.05, 4.69) is 10.3 Å². The molecule has 0 saturated heterocycles. The molecule has 3 rings (SSSR count). The fourth-order valence-electron chi connectivity index (χ4n) is 2.74. The standard InChI is InChI=1S/C17H13ClF3N3O/c1-16(21,24-9-8-22-23-24)17(25,11-2-4-12(18)5-3-11)14-7-6-13(19)10-15(14)20/h2-10,25H,1H3. The first-order valence-corrected chi connectivity index (χ1v) is 7.64. The van der Waals surface area contributed by atoms with Gasteiger partial charge in [0.1, 0.15) is 11.6 Å². The maximum atomic E-state index is 15.8. The summed E-state index contributed by atoms with van der Waals surface area (Å²) < 4.78 is 44.3. The van der Waals surface area contributed by atoms with Gasteiger partial charge in [-0.15, -0.1) is 5.10 Å². The van der Waals surface area contributed by atoms with Gasteiger partial charge in [-0.25, -0.2) is 17.9 Å². The molecule has 25 heavy (non-hydrogen) atoms. The molecule has 1 aromatic heterocycles. The van der Waals surface area contributed by atoms with Crippen molar-refractivity contribution in [2.24, 2.45) is 0 Å². The van der Waals surface area contributed by atoms with Crippen LogP contribution in [0.5, 0.6) is 0 Å². The number of hydrogen-bond acceptors (Lipinski definition) is 3. The molecule has 0 radical (unpaired) electrons. The van der Waals surface area contributed by atoms with Gasteiger partial charge in [0, 0.05) is 22.8 Å². The Kier molecular flexibility index (Phi) is 4.30. The molecule has 8 heteroatoms. The summed E-state index contributed by atoms with van der Waals surface area (Å²) in [7, 11) is 0. The molecule has 3 aromatic rings. The normalized spacial score (nSPS) is 16.2. The van der Waals surface area contributed by atoms with Crippen LogP contribution in [0.15, 0.2) is 54.9 Å². The third-order valence-electron chi connectivity index (χ3n) is 4.10. The van der Waals surface area contributed by atoms with Crippen LogP contribution < -0.4 is 0 Å². The number of halogens is 4. The molecule has 0 spiro atoms. The van der Waals surface area contributed by atoms with E-state index in [1.165, 1.54) is 36.7 Å². The SMILES string of the molecule is CC(F)(n1ccnn1)C(O)(c1ccc(Cl)cc1)c1ccc(F)cc1F. The zero-order valence-electron chi connectivity index (χ0n) is 13.0. The van der Waals surface area contributed by atoms with E-state index in [-0.39, 0.29) is 5.56 Å². The van der Waals surface area contributed by atoms with E-state index < -0.39 is 28.6 Å². The topological polar surface area (TPSA) is 50.9 Å². The lowest BCUT2D eigenvalue weighted by Gasteiger charge is -2.39. The van der Waals surface area contributed by atoms with E-state index >= 15 is 4.39 Å². The van der Waals surface area contributed by atoms with Crippen molar-refractivity contribution in [1.29, 1.82) is 0 Å². The lowest BCUT2D eigenvalue weighted by atomic mass is 9.79. The number of nitrogens with zero attached hydrogens (tertiary/aromatic N) is 3. The molecule has 0 saturated carbocycles. The zero-order chi connectivity index (χ0) is 18.2. The minimum absolute atomic E-state index is 0.0166. The van der Waals surface area contributed by atoms with Gasteiger partial charge in [0.15, 0.2) is 5.60 Å². The molecule has 130 valence electrons. The maximum Gasteiger partial charge on any atom is 0.237 e. The number of alkyl halides is 1. The first kappa shape index (κ1) is 17.4. The number of aliphatic hydroxyl groups is 1. The molecular formula is C17H13ClF3N3O. The van der Waals surface area contributed by atoms with Crippen molar-refractivity contribution in [2.75, 3.05) is 0 Å². The van der Waals surface area contributed by atoms with Crippen LogP contribution in [0.25, 0.3) is 0 Å². The predicted molar refractivity (Wildman–Crippen MR) is 85.6 cm³/mol. The smallest absolute Gasteiger partial charge is 0.237 e. The number of hydrogen-bond donors (Lipinski definition) is 1. The Morgan fingerprint density at radius 2 is 1.80 bits per heavy atom. The van der Waals surface area contributed by atoms with Crippen molar-refractivity contribution in [3.63, 3.8) is 0 Å². The van der Waals surface area contributed by atoms with Gasteiger partial charge < -0.3 is 5.11 Å². The molecule has 0 aliphatic rings. The van der Waals surface area contributed by atoms with E-state index in [0.717, 1.165) is 23.7 Å². The molecule has 0 bridgehead atoms. The third-order valence-corrected chi connectivity index (χ3v) is 4.35. The average Bonchev–Trinajstić information content (AvgIpc) is 3.10. The number of rotatable bonds is 4. The first-order valence-electron chi connectivity index (χ1n) is 7.26. The molecule has 2 unspecified atom stereocenters. The summed E-state index contributed by atoms with van der Waals surface area (Å²) in [5.41, 5.74) is -2.96. The van der Waals surface area contributed by atoms with Gasteiger partial charge in [-0.2, -0.15) is 0 Å². The van der Waals surface area contributed by atoms with Crippen molar-refractivity contribution in [3.05, 3.63) is 82.6 Å². The fraction of sp³-hybridized carbons (Fsp3) is 0.176. The van der Waals surface area contributed by atoms with E-state index in [9.17, 15) is 13.9 Å². The van der Waals surface area contributed by atoms with Crippen LogP contribution in [0.3, 0.4) is 0 Å². The van der Waals surface area contributed by atoms with Crippen LogP contribution in [0, 0.1) is 11.6 Å². The molecule has 0 fully saturated rings. The molecule has 0 amide bonds. The Balaban J connectivity index is 2.30. The van der Waals surface area contributed by atoms with Gasteiger partial charge in [-0.3, -0.25) is 0 Å². The maximum absolute atomic E-state index is 15.8. The summed E-state index contributed by atoms with van der Waals surface area (Å²) >= 11 is 5.85. The molecule has 0 aliphatic heterocycles. The van der Waals surface area contributed by atoms with Crippen molar-refractivity contribution in [2.45, 2.75) is 18.3 Å². The molecule has 2 atom stereocenters. The highest BCUT2D eigenvalue weighted by Gasteiger charge is 2.54. The van der Waals surface area contributed by atoms with Crippen LogP contribution in [-0.4, -0.2) is 20.1 Å². The molecule has 4 nitrogen and oxygen atoms in total. The number of benzene rings is 2. The van der Waals surface area contributed by atoms with Crippen LogP contribution in [0.1, 0.15) is 18.1 Å². The highest BCUT2D eigenvalue weighted by atomic mass is 35.5. The quantitative estimate of drug-likeness (QED) is 0.763. The minimum Gasteiger partial charge on any atom is -0.375 e. The van der Waals surface area contributed by atoms with Gasteiger partial charge in [0.05, 0.1) is 6.20 Å². The lowest BCUT2D eigenvalue weighted by molar-refractivity contribution is -0.130. The average molecular weight is 368 g/mol. The summed E-state index contributed by atoms with van der Waals surface area (Å²) in [4.78, 5) is 0. The largest absolute Gasteiger partial charge is 0.375 e. The van der Waals surface area contributed by atoms with Gasteiger partial charge in [-0.05, 0) is 36.8 Å². The predicted octanol–water partition coefficient (Wildman–Crippen LogP) is 3.79.